The van der Waals surface area contributed by atoms with Crippen LogP contribution in [0.5, 0.6) is 0 Å². The van der Waals surface area contributed by atoms with Crippen LogP contribution >= 0.6 is 0 Å². The van der Waals surface area contributed by atoms with E-state index in [0.717, 1.165) is 5.56 Å². The lowest BCUT2D eigenvalue weighted by molar-refractivity contribution is -0.150. The molecule has 0 radical (unpaired) electrons. The lowest BCUT2D eigenvalue weighted by Crippen LogP contribution is -2.49. The van der Waals surface area contributed by atoms with Gasteiger partial charge in [0, 0.05) is 13.1 Å². The first-order valence-corrected chi connectivity index (χ1v) is 5.36. The fourth-order valence-electron chi connectivity index (χ4n) is 1.87. The zero-order chi connectivity index (χ0) is 11.4. The van der Waals surface area contributed by atoms with Gasteiger partial charge in [-0.3, -0.25) is 9.69 Å². The summed E-state index contributed by atoms with van der Waals surface area (Å²) in [6.07, 6.45) is 0. The van der Waals surface area contributed by atoms with Gasteiger partial charge < -0.3 is 9.84 Å². The van der Waals surface area contributed by atoms with Gasteiger partial charge in [0.2, 0.25) is 0 Å². The molecule has 86 valence electrons. The van der Waals surface area contributed by atoms with E-state index in [2.05, 4.69) is 0 Å². The van der Waals surface area contributed by atoms with Gasteiger partial charge >= 0.3 is 5.97 Å². The number of hydrogen-bond acceptors (Lipinski definition) is 3. The molecule has 4 heteroatoms. The number of aliphatic carboxylic acids is 1. The largest absolute Gasteiger partial charge is 0.480 e. The molecule has 1 aliphatic heterocycles. The molecule has 4 nitrogen and oxygen atoms in total. The van der Waals surface area contributed by atoms with Crippen LogP contribution in [0.15, 0.2) is 30.3 Å². The van der Waals surface area contributed by atoms with Crippen molar-refractivity contribution in [1.82, 2.24) is 4.90 Å². The van der Waals surface area contributed by atoms with Crippen LogP contribution in [0.3, 0.4) is 0 Å². The van der Waals surface area contributed by atoms with E-state index in [1.165, 1.54) is 0 Å². The first-order valence-electron chi connectivity index (χ1n) is 5.36. The summed E-state index contributed by atoms with van der Waals surface area (Å²) in [7, 11) is 0. The lowest BCUT2D eigenvalue weighted by Gasteiger charge is -2.32. The van der Waals surface area contributed by atoms with Crippen molar-refractivity contribution < 1.29 is 14.6 Å². The number of carboxylic acids is 1. The molecule has 0 spiro atoms. The van der Waals surface area contributed by atoms with Crippen LogP contribution in [-0.2, 0) is 16.1 Å². The van der Waals surface area contributed by atoms with Gasteiger partial charge in [0.25, 0.3) is 0 Å². The van der Waals surface area contributed by atoms with Crippen LogP contribution in [0.1, 0.15) is 5.56 Å². The molecule has 1 saturated heterocycles. The molecule has 0 aromatic heterocycles. The molecule has 1 aliphatic rings. The summed E-state index contributed by atoms with van der Waals surface area (Å²) in [4.78, 5) is 13.0. The summed E-state index contributed by atoms with van der Waals surface area (Å²) in [5.41, 5.74) is 1.13. The Labute approximate surface area is 94.4 Å². The van der Waals surface area contributed by atoms with Crippen molar-refractivity contribution in [2.75, 3.05) is 19.8 Å². The molecule has 1 N–H and O–H groups in total. The SMILES string of the molecule is O=C(O)[C@H]1COCCN1Cc1ccccc1. The van der Waals surface area contributed by atoms with Crippen LogP contribution in [0, 0.1) is 0 Å². The quantitative estimate of drug-likeness (QED) is 0.826. The molecular weight excluding hydrogens is 206 g/mol. The van der Waals surface area contributed by atoms with Gasteiger partial charge in [0.05, 0.1) is 13.2 Å². The Hall–Kier alpha value is -1.39. The normalized spacial score (nSPS) is 21.9. The van der Waals surface area contributed by atoms with Gasteiger partial charge in [-0.1, -0.05) is 30.3 Å². The molecule has 1 heterocycles. The van der Waals surface area contributed by atoms with E-state index in [-0.39, 0.29) is 6.61 Å². The number of morpholine rings is 1. The van der Waals surface area contributed by atoms with Crippen LogP contribution in [0.4, 0.5) is 0 Å². The van der Waals surface area contributed by atoms with Crippen molar-refractivity contribution in [3.8, 4) is 0 Å². The molecule has 16 heavy (non-hydrogen) atoms. The first kappa shape index (κ1) is 11.1. The monoisotopic (exact) mass is 221 g/mol. The van der Waals surface area contributed by atoms with Gasteiger partial charge in [-0.05, 0) is 5.56 Å². The predicted octanol–water partition coefficient (Wildman–Crippen LogP) is 0.972. The zero-order valence-corrected chi connectivity index (χ0v) is 9.00. The van der Waals surface area contributed by atoms with Gasteiger partial charge in [-0.2, -0.15) is 0 Å². The summed E-state index contributed by atoms with van der Waals surface area (Å²) in [6.45, 7) is 2.23. The Morgan fingerprint density at radius 3 is 2.88 bits per heavy atom. The minimum absolute atomic E-state index is 0.280. The van der Waals surface area contributed by atoms with Crippen LogP contribution < -0.4 is 0 Å². The average molecular weight is 221 g/mol. The van der Waals surface area contributed by atoms with Gasteiger partial charge in [-0.15, -0.1) is 0 Å². The number of rotatable bonds is 3. The number of carboxylic acid groups (broad SMARTS) is 1. The van der Waals surface area contributed by atoms with E-state index in [0.29, 0.717) is 19.7 Å². The van der Waals surface area contributed by atoms with Crippen molar-refractivity contribution >= 4 is 5.97 Å². The predicted molar refractivity (Wildman–Crippen MR) is 59.1 cm³/mol. The Kier molecular flexibility index (Phi) is 3.54. The molecule has 0 bridgehead atoms. The topological polar surface area (TPSA) is 49.8 Å². The molecule has 0 unspecified atom stereocenters. The van der Waals surface area contributed by atoms with Crippen molar-refractivity contribution in [2.45, 2.75) is 12.6 Å². The average Bonchev–Trinajstić information content (AvgIpc) is 2.31. The van der Waals surface area contributed by atoms with Crippen molar-refractivity contribution in [3.63, 3.8) is 0 Å². The zero-order valence-electron chi connectivity index (χ0n) is 9.00. The van der Waals surface area contributed by atoms with Gasteiger partial charge in [0.15, 0.2) is 0 Å². The summed E-state index contributed by atoms with van der Waals surface area (Å²) in [5.74, 6) is -0.810. The number of hydrogen-bond donors (Lipinski definition) is 1. The van der Waals surface area contributed by atoms with E-state index in [1.54, 1.807) is 0 Å². The maximum Gasteiger partial charge on any atom is 0.323 e. The Bertz CT molecular complexity index is 353. The highest BCUT2D eigenvalue weighted by Gasteiger charge is 2.28. The molecule has 0 aliphatic carbocycles. The summed E-state index contributed by atoms with van der Waals surface area (Å²) in [5, 5.41) is 9.07. The standard InChI is InChI=1S/C12H15NO3/c14-12(15)11-9-16-7-6-13(11)8-10-4-2-1-3-5-10/h1-5,11H,6-9H2,(H,14,15)/t11-/m1/s1. The Morgan fingerprint density at radius 1 is 1.44 bits per heavy atom. The smallest absolute Gasteiger partial charge is 0.323 e. The maximum absolute atomic E-state index is 11.0. The minimum atomic E-state index is -0.810. The molecule has 1 aromatic rings. The van der Waals surface area contributed by atoms with Gasteiger partial charge in [-0.25, -0.2) is 0 Å². The molecule has 1 fully saturated rings. The second-order valence-electron chi connectivity index (χ2n) is 3.89. The number of nitrogens with zero attached hydrogens (tertiary/aromatic N) is 1. The van der Waals surface area contributed by atoms with Gasteiger partial charge in [0.1, 0.15) is 6.04 Å². The van der Waals surface area contributed by atoms with Crippen molar-refractivity contribution in [3.05, 3.63) is 35.9 Å². The van der Waals surface area contributed by atoms with E-state index < -0.39 is 12.0 Å². The number of benzene rings is 1. The molecule has 0 amide bonds. The molecule has 1 aromatic carbocycles. The highest BCUT2D eigenvalue weighted by molar-refractivity contribution is 5.73. The van der Waals surface area contributed by atoms with Crippen LogP contribution in [-0.4, -0.2) is 41.8 Å². The fraction of sp³-hybridized carbons (Fsp3) is 0.417. The van der Waals surface area contributed by atoms with E-state index in [4.69, 9.17) is 9.84 Å². The van der Waals surface area contributed by atoms with Crippen molar-refractivity contribution in [1.29, 1.82) is 0 Å². The van der Waals surface area contributed by atoms with Crippen LogP contribution in [0.2, 0.25) is 0 Å². The Morgan fingerprint density at radius 2 is 2.19 bits per heavy atom. The van der Waals surface area contributed by atoms with Crippen LogP contribution in [0.25, 0.3) is 0 Å². The minimum Gasteiger partial charge on any atom is -0.480 e. The molecule has 0 saturated carbocycles. The summed E-state index contributed by atoms with van der Waals surface area (Å²) in [6, 6.07) is 9.38. The second-order valence-corrected chi connectivity index (χ2v) is 3.89. The highest BCUT2D eigenvalue weighted by atomic mass is 16.5. The summed E-state index contributed by atoms with van der Waals surface area (Å²) >= 11 is 0. The first-order chi connectivity index (χ1) is 7.77. The fourth-order valence-corrected chi connectivity index (χ4v) is 1.87. The summed E-state index contributed by atoms with van der Waals surface area (Å²) < 4.78 is 5.19. The second kappa shape index (κ2) is 5.09. The third kappa shape index (κ3) is 2.59. The number of ether oxygens (including phenoxy) is 1. The van der Waals surface area contributed by atoms with Crippen molar-refractivity contribution in [2.24, 2.45) is 0 Å². The molecule has 2 rings (SSSR count). The molecular formula is C12H15NO3. The highest BCUT2D eigenvalue weighted by Crippen LogP contribution is 2.12. The van der Waals surface area contributed by atoms with E-state index in [1.807, 2.05) is 35.2 Å². The van der Waals surface area contributed by atoms with E-state index in [9.17, 15) is 4.79 Å². The Balaban J connectivity index is 2.04. The lowest BCUT2D eigenvalue weighted by atomic mass is 10.1. The molecule has 1 atom stereocenters. The number of carbonyl (C=O) groups is 1. The third-order valence-corrected chi connectivity index (χ3v) is 2.75. The third-order valence-electron chi connectivity index (χ3n) is 2.75. The van der Waals surface area contributed by atoms with E-state index >= 15 is 0 Å². The maximum atomic E-state index is 11.0.